The van der Waals surface area contributed by atoms with E-state index in [1.165, 1.54) is 5.56 Å². The summed E-state index contributed by atoms with van der Waals surface area (Å²) in [6, 6.07) is 15.1. The fourth-order valence-electron chi connectivity index (χ4n) is 1.80. The first kappa shape index (κ1) is 13.1. The van der Waals surface area contributed by atoms with Gasteiger partial charge in [0.1, 0.15) is 5.75 Å². The average molecular weight is 252 g/mol. The molecule has 0 N–H and O–H groups in total. The molecule has 2 rings (SSSR count). The molecule has 2 aromatic carbocycles. The lowest BCUT2D eigenvalue weighted by molar-refractivity contribution is 0.104. The van der Waals surface area contributed by atoms with Crippen LogP contribution in [0.3, 0.4) is 0 Å². The standard InChI is InChI=1S/C17H16O2/c1-13-4-3-5-14(12-13)6-11-17(18)15-7-9-16(19-2)10-8-15/h3-12H,1-2H3. The summed E-state index contributed by atoms with van der Waals surface area (Å²) < 4.78 is 5.06. The van der Waals surface area contributed by atoms with Gasteiger partial charge in [-0.25, -0.2) is 0 Å². The minimum absolute atomic E-state index is 0.0100. The predicted molar refractivity (Wildman–Crippen MR) is 77.5 cm³/mol. The maximum atomic E-state index is 12.0. The van der Waals surface area contributed by atoms with E-state index in [2.05, 4.69) is 0 Å². The number of hydrogen-bond donors (Lipinski definition) is 0. The van der Waals surface area contributed by atoms with Crippen molar-refractivity contribution >= 4 is 11.9 Å². The number of ketones is 1. The van der Waals surface area contributed by atoms with Crippen molar-refractivity contribution < 1.29 is 9.53 Å². The van der Waals surface area contributed by atoms with E-state index < -0.39 is 0 Å². The van der Waals surface area contributed by atoms with Crippen molar-refractivity contribution in [3.05, 3.63) is 71.3 Å². The Bertz CT molecular complexity index is 595. The summed E-state index contributed by atoms with van der Waals surface area (Å²) in [6.07, 6.45) is 3.43. The Kier molecular flexibility index (Phi) is 4.14. The van der Waals surface area contributed by atoms with E-state index in [4.69, 9.17) is 4.74 Å². The summed E-state index contributed by atoms with van der Waals surface area (Å²) in [7, 11) is 1.61. The molecule has 0 radical (unpaired) electrons. The molecule has 2 aromatic rings. The molecule has 0 saturated carbocycles. The lowest BCUT2D eigenvalue weighted by atomic mass is 10.1. The first-order valence-corrected chi connectivity index (χ1v) is 6.12. The number of allylic oxidation sites excluding steroid dienone is 1. The van der Waals surface area contributed by atoms with Crippen molar-refractivity contribution in [1.82, 2.24) is 0 Å². The summed E-state index contributed by atoms with van der Waals surface area (Å²) in [5, 5.41) is 0. The lowest BCUT2D eigenvalue weighted by Crippen LogP contribution is -1.94. The zero-order chi connectivity index (χ0) is 13.7. The van der Waals surface area contributed by atoms with Gasteiger partial charge in [0.05, 0.1) is 7.11 Å². The number of hydrogen-bond acceptors (Lipinski definition) is 2. The van der Waals surface area contributed by atoms with Gasteiger partial charge in [-0.3, -0.25) is 4.79 Å². The summed E-state index contributed by atoms with van der Waals surface area (Å²) in [5.74, 6) is 0.739. The fourth-order valence-corrected chi connectivity index (χ4v) is 1.80. The molecule has 0 unspecified atom stereocenters. The normalized spacial score (nSPS) is 10.6. The van der Waals surface area contributed by atoms with E-state index in [1.807, 2.05) is 37.3 Å². The number of ether oxygens (including phenoxy) is 1. The van der Waals surface area contributed by atoms with Gasteiger partial charge < -0.3 is 4.74 Å². The van der Waals surface area contributed by atoms with E-state index in [0.717, 1.165) is 11.3 Å². The van der Waals surface area contributed by atoms with Gasteiger partial charge in [-0.1, -0.05) is 35.9 Å². The molecule has 0 aromatic heterocycles. The summed E-state index contributed by atoms with van der Waals surface area (Å²) in [4.78, 5) is 12.0. The molecular formula is C17H16O2. The second-order valence-corrected chi connectivity index (χ2v) is 4.34. The van der Waals surface area contributed by atoms with Crippen LogP contribution >= 0.6 is 0 Å². The monoisotopic (exact) mass is 252 g/mol. The second-order valence-electron chi connectivity index (χ2n) is 4.34. The highest BCUT2D eigenvalue weighted by Crippen LogP contribution is 2.13. The van der Waals surface area contributed by atoms with E-state index in [1.54, 1.807) is 37.5 Å². The molecule has 0 aliphatic carbocycles. The van der Waals surface area contributed by atoms with Crippen LogP contribution < -0.4 is 4.74 Å². The first-order valence-electron chi connectivity index (χ1n) is 6.12. The van der Waals surface area contributed by atoms with Crippen LogP contribution in [0, 0.1) is 6.92 Å². The fraction of sp³-hybridized carbons (Fsp3) is 0.118. The van der Waals surface area contributed by atoms with Gasteiger partial charge in [0.15, 0.2) is 5.78 Å². The van der Waals surface area contributed by atoms with Gasteiger partial charge in [0.2, 0.25) is 0 Å². The van der Waals surface area contributed by atoms with Crippen LogP contribution in [-0.4, -0.2) is 12.9 Å². The molecule has 0 saturated heterocycles. The van der Waals surface area contributed by atoms with Crippen molar-refractivity contribution in [2.24, 2.45) is 0 Å². The van der Waals surface area contributed by atoms with E-state index in [-0.39, 0.29) is 5.78 Å². The van der Waals surface area contributed by atoms with Crippen LogP contribution in [0.15, 0.2) is 54.6 Å². The Hall–Kier alpha value is -2.35. The molecule has 0 aliphatic rings. The van der Waals surface area contributed by atoms with Crippen molar-refractivity contribution in [1.29, 1.82) is 0 Å². The smallest absolute Gasteiger partial charge is 0.185 e. The maximum absolute atomic E-state index is 12.0. The third-order valence-electron chi connectivity index (χ3n) is 2.84. The third kappa shape index (κ3) is 3.55. The van der Waals surface area contributed by atoms with Crippen LogP contribution in [0.25, 0.3) is 6.08 Å². The largest absolute Gasteiger partial charge is 0.497 e. The lowest BCUT2D eigenvalue weighted by Gasteiger charge is -2.00. The topological polar surface area (TPSA) is 26.3 Å². The van der Waals surface area contributed by atoms with E-state index in [9.17, 15) is 4.79 Å². The summed E-state index contributed by atoms with van der Waals surface area (Å²) in [6.45, 7) is 2.03. The Morgan fingerprint density at radius 3 is 2.47 bits per heavy atom. The van der Waals surface area contributed by atoms with Crippen LogP contribution in [0.2, 0.25) is 0 Å². The summed E-state index contributed by atoms with van der Waals surface area (Å²) in [5.41, 5.74) is 2.87. The quantitative estimate of drug-likeness (QED) is 0.609. The van der Waals surface area contributed by atoms with Crippen LogP contribution in [0.4, 0.5) is 0 Å². The number of benzene rings is 2. The van der Waals surface area contributed by atoms with Crippen molar-refractivity contribution in [3.63, 3.8) is 0 Å². The molecule has 0 aliphatic heterocycles. The molecule has 0 fully saturated rings. The number of methoxy groups -OCH3 is 1. The first-order chi connectivity index (χ1) is 9.19. The average Bonchev–Trinajstić information content (AvgIpc) is 2.45. The van der Waals surface area contributed by atoms with Crippen molar-refractivity contribution in [2.45, 2.75) is 6.92 Å². The van der Waals surface area contributed by atoms with Crippen LogP contribution in [-0.2, 0) is 0 Å². The van der Waals surface area contributed by atoms with E-state index in [0.29, 0.717) is 5.56 Å². The molecule has 96 valence electrons. The Morgan fingerprint density at radius 1 is 1.11 bits per heavy atom. The Morgan fingerprint density at radius 2 is 1.84 bits per heavy atom. The molecule has 2 nitrogen and oxygen atoms in total. The third-order valence-corrected chi connectivity index (χ3v) is 2.84. The second kappa shape index (κ2) is 6.01. The van der Waals surface area contributed by atoms with Crippen molar-refractivity contribution in [2.75, 3.05) is 7.11 Å². The van der Waals surface area contributed by atoms with Gasteiger partial charge in [-0.05, 0) is 42.8 Å². The van der Waals surface area contributed by atoms with Gasteiger partial charge >= 0.3 is 0 Å². The molecule has 0 heterocycles. The zero-order valence-corrected chi connectivity index (χ0v) is 11.1. The molecule has 0 atom stereocenters. The molecule has 2 heteroatoms. The highest BCUT2D eigenvalue weighted by molar-refractivity contribution is 6.06. The van der Waals surface area contributed by atoms with Gasteiger partial charge in [0, 0.05) is 5.56 Å². The molecular weight excluding hydrogens is 236 g/mol. The van der Waals surface area contributed by atoms with Crippen LogP contribution in [0.1, 0.15) is 21.5 Å². The predicted octanol–water partition coefficient (Wildman–Crippen LogP) is 3.90. The molecule has 0 spiro atoms. The van der Waals surface area contributed by atoms with Crippen LogP contribution in [0.5, 0.6) is 5.75 Å². The number of carbonyl (C=O) groups is 1. The van der Waals surface area contributed by atoms with Gasteiger partial charge in [0.25, 0.3) is 0 Å². The summed E-state index contributed by atoms with van der Waals surface area (Å²) >= 11 is 0. The number of rotatable bonds is 4. The zero-order valence-electron chi connectivity index (χ0n) is 11.1. The minimum Gasteiger partial charge on any atom is -0.497 e. The Balaban J connectivity index is 2.11. The SMILES string of the molecule is COc1ccc(C(=O)C=Cc2cccc(C)c2)cc1. The Labute approximate surface area is 113 Å². The van der Waals surface area contributed by atoms with Gasteiger partial charge in [-0.2, -0.15) is 0 Å². The molecule has 0 bridgehead atoms. The molecule has 0 amide bonds. The molecule has 19 heavy (non-hydrogen) atoms. The number of carbonyl (C=O) groups excluding carboxylic acids is 1. The van der Waals surface area contributed by atoms with Crippen molar-refractivity contribution in [3.8, 4) is 5.75 Å². The minimum atomic E-state index is -0.0100. The highest BCUT2D eigenvalue weighted by Gasteiger charge is 2.01. The highest BCUT2D eigenvalue weighted by atomic mass is 16.5. The number of aryl methyl sites for hydroxylation is 1. The maximum Gasteiger partial charge on any atom is 0.185 e. The van der Waals surface area contributed by atoms with Gasteiger partial charge in [-0.15, -0.1) is 0 Å². The van der Waals surface area contributed by atoms with E-state index >= 15 is 0 Å².